The van der Waals surface area contributed by atoms with Gasteiger partial charge in [0, 0.05) is 17.0 Å². The van der Waals surface area contributed by atoms with Crippen molar-refractivity contribution >= 4 is 34.4 Å². The van der Waals surface area contributed by atoms with E-state index in [1.54, 1.807) is 18.9 Å². The summed E-state index contributed by atoms with van der Waals surface area (Å²) in [6.45, 7) is 2.07. The molecule has 3 aromatic carbocycles. The molecule has 0 fully saturated rings. The van der Waals surface area contributed by atoms with E-state index >= 15 is 0 Å². The topological polar surface area (TPSA) is 67.0 Å². The number of hydrogen-bond donors (Lipinski definition) is 2. The first-order valence-corrected chi connectivity index (χ1v) is 10.2. The predicted molar refractivity (Wildman–Crippen MR) is 118 cm³/mol. The van der Waals surface area contributed by atoms with Gasteiger partial charge >= 0.3 is 0 Å². The van der Waals surface area contributed by atoms with Crippen LogP contribution in [0.15, 0.2) is 71.9 Å². The summed E-state index contributed by atoms with van der Waals surface area (Å²) >= 11 is 1.65. The van der Waals surface area contributed by atoms with Crippen molar-refractivity contribution in [2.24, 2.45) is 0 Å². The highest BCUT2D eigenvalue weighted by Crippen LogP contribution is 2.24. The van der Waals surface area contributed by atoms with Crippen molar-refractivity contribution in [2.75, 3.05) is 12.4 Å². The highest BCUT2D eigenvalue weighted by Gasteiger charge is 2.08. The Morgan fingerprint density at radius 1 is 1.07 bits per heavy atom. The molecule has 0 spiro atoms. The maximum absolute atomic E-state index is 12.4. The lowest BCUT2D eigenvalue weighted by molar-refractivity contribution is 0.102. The third-order valence-electron chi connectivity index (χ3n) is 4.56. The number of ether oxygens (including phenoxy) is 1. The first-order chi connectivity index (χ1) is 14.1. The highest BCUT2D eigenvalue weighted by atomic mass is 32.2. The molecule has 4 rings (SSSR count). The Balaban J connectivity index is 1.36. The van der Waals surface area contributed by atoms with Crippen LogP contribution in [-0.2, 0) is 5.75 Å². The highest BCUT2D eigenvalue weighted by molar-refractivity contribution is 7.98. The summed E-state index contributed by atoms with van der Waals surface area (Å²) in [6, 6.07) is 21.1. The first kappa shape index (κ1) is 19.1. The number of fused-ring (bicyclic) bond motifs is 1. The van der Waals surface area contributed by atoms with Gasteiger partial charge in [-0.1, -0.05) is 30.0 Å². The standard InChI is InChI=1S/C23H21N3O2S/c1-15-3-12-20-21(13-15)26-23(25-20)29-14-16-4-6-17(7-5-16)22(27)24-18-8-10-19(28-2)11-9-18/h3-13H,14H2,1-2H3,(H,24,27)(H,25,26). The van der Waals surface area contributed by atoms with E-state index in [1.807, 2.05) is 54.6 Å². The fourth-order valence-corrected chi connectivity index (χ4v) is 3.79. The molecule has 0 aliphatic rings. The fourth-order valence-electron chi connectivity index (χ4n) is 2.95. The molecule has 0 aliphatic heterocycles. The van der Waals surface area contributed by atoms with Crippen LogP contribution in [0.5, 0.6) is 5.75 Å². The Labute approximate surface area is 173 Å². The van der Waals surface area contributed by atoms with Crippen LogP contribution in [0.4, 0.5) is 5.69 Å². The Bertz CT molecular complexity index is 1140. The molecule has 4 aromatic rings. The van der Waals surface area contributed by atoms with Crippen LogP contribution in [0.25, 0.3) is 11.0 Å². The van der Waals surface area contributed by atoms with Crippen LogP contribution < -0.4 is 10.1 Å². The molecule has 1 heterocycles. The Morgan fingerprint density at radius 3 is 2.55 bits per heavy atom. The molecule has 0 radical (unpaired) electrons. The number of anilines is 1. The van der Waals surface area contributed by atoms with Gasteiger partial charge in [0.15, 0.2) is 5.16 Å². The number of nitrogens with one attached hydrogen (secondary N) is 2. The van der Waals surface area contributed by atoms with Crippen LogP contribution in [0.2, 0.25) is 0 Å². The molecule has 1 aromatic heterocycles. The Morgan fingerprint density at radius 2 is 1.83 bits per heavy atom. The summed E-state index contributed by atoms with van der Waals surface area (Å²) in [6.07, 6.45) is 0. The van der Waals surface area contributed by atoms with Crippen LogP contribution in [0, 0.1) is 6.92 Å². The number of methoxy groups -OCH3 is 1. The maximum Gasteiger partial charge on any atom is 0.255 e. The van der Waals surface area contributed by atoms with Crippen LogP contribution in [0.3, 0.4) is 0 Å². The number of aryl methyl sites for hydroxylation is 1. The van der Waals surface area contributed by atoms with E-state index in [1.165, 1.54) is 5.56 Å². The molecule has 146 valence electrons. The van der Waals surface area contributed by atoms with Gasteiger partial charge in [-0.2, -0.15) is 0 Å². The zero-order chi connectivity index (χ0) is 20.2. The zero-order valence-electron chi connectivity index (χ0n) is 16.2. The minimum Gasteiger partial charge on any atom is -0.497 e. The molecule has 2 N–H and O–H groups in total. The number of nitrogens with zero attached hydrogens (tertiary/aromatic N) is 1. The summed E-state index contributed by atoms with van der Waals surface area (Å²) in [5, 5.41) is 3.79. The molecule has 0 bridgehead atoms. The summed E-state index contributed by atoms with van der Waals surface area (Å²) in [5.41, 5.74) is 5.72. The number of H-pyrrole nitrogens is 1. The predicted octanol–water partition coefficient (Wildman–Crippen LogP) is 5.42. The van der Waals surface area contributed by atoms with Gasteiger partial charge < -0.3 is 15.0 Å². The number of carbonyl (C=O) groups is 1. The average molecular weight is 404 g/mol. The van der Waals surface area contributed by atoms with E-state index < -0.39 is 0 Å². The first-order valence-electron chi connectivity index (χ1n) is 9.24. The van der Waals surface area contributed by atoms with Crippen molar-refractivity contribution in [1.29, 1.82) is 0 Å². The minimum atomic E-state index is -0.137. The summed E-state index contributed by atoms with van der Waals surface area (Å²) in [5.74, 6) is 1.39. The fraction of sp³-hybridized carbons (Fsp3) is 0.130. The molecule has 1 amide bonds. The summed E-state index contributed by atoms with van der Waals surface area (Å²) in [4.78, 5) is 20.4. The quantitative estimate of drug-likeness (QED) is 0.422. The van der Waals surface area contributed by atoms with Crippen LogP contribution in [-0.4, -0.2) is 23.0 Å². The van der Waals surface area contributed by atoms with E-state index in [2.05, 4.69) is 34.3 Å². The minimum absolute atomic E-state index is 0.137. The van der Waals surface area contributed by atoms with E-state index in [0.29, 0.717) is 5.56 Å². The number of thioether (sulfide) groups is 1. The molecule has 0 saturated carbocycles. The monoisotopic (exact) mass is 403 g/mol. The lowest BCUT2D eigenvalue weighted by atomic mass is 10.1. The van der Waals surface area contributed by atoms with Gasteiger partial charge in [0.1, 0.15) is 5.75 Å². The van der Waals surface area contributed by atoms with Gasteiger partial charge in [0.2, 0.25) is 0 Å². The molecular formula is C23H21N3O2S. The van der Waals surface area contributed by atoms with Crippen LogP contribution >= 0.6 is 11.8 Å². The van der Waals surface area contributed by atoms with Crippen LogP contribution in [0.1, 0.15) is 21.5 Å². The van der Waals surface area contributed by atoms with E-state index in [4.69, 9.17) is 4.74 Å². The largest absolute Gasteiger partial charge is 0.497 e. The van der Waals surface area contributed by atoms with E-state index in [0.717, 1.165) is 38.9 Å². The number of aromatic amines is 1. The van der Waals surface area contributed by atoms with Gasteiger partial charge in [-0.25, -0.2) is 4.98 Å². The molecule has 6 heteroatoms. The van der Waals surface area contributed by atoms with Crippen molar-refractivity contribution < 1.29 is 9.53 Å². The maximum atomic E-state index is 12.4. The lowest BCUT2D eigenvalue weighted by Gasteiger charge is -2.07. The summed E-state index contributed by atoms with van der Waals surface area (Å²) in [7, 11) is 1.61. The van der Waals surface area contributed by atoms with Crippen molar-refractivity contribution in [3.05, 3.63) is 83.4 Å². The lowest BCUT2D eigenvalue weighted by Crippen LogP contribution is -2.11. The number of amides is 1. The van der Waals surface area contributed by atoms with Gasteiger partial charge in [-0.15, -0.1) is 0 Å². The summed E-state index contributed by atoms with van der Waals surface area (Å²) < 4.78 is 5.13. The number of benzene rings is 3. The Hall–Kier alpha value is -3.25. The normalized spacial score (nSPS) is 10.8. The van der Waals surface area contributed by atoms with Gasteiger partial charge in [-0.05, 0) is 66.6 Å². The number of hydrogen-bond acceptors (Lipinski definition) is 4. The second-order valence-corrected chi connectivity index (χ2v) is 7.69. The molecule has 0 saturated heterocycles. The van der Waals surface area contributed by atoms with E-state index in [-0.39, 0.29) is 5.91 Å². The van der Waals surface area contributed by atoms with E-state index in [9.17, 15) is 4.79 Å². The molecule has 0 unspecified atom stereocenters. The van der Waals surface area contributed by atoms with Gasteiger partial charge in [0.05, 0.1) is 18.1 Å². The second-order valence-electron chi connectivity index (χ2n) is 6.73. The number of imidazole rings is 1. The van der Waals surface area contributed by atoms with Crippen molar-refractivity contribution in [1.82, 2.24) is 9.97 Å². The Kier molecular flexibility index (Phi) is 5.53. The van der Waals surface area contributed by atoms with Crippen molar-refractivity contribution in [3.8, 4) is 5.75 Å². The van der Waals surface area contributed by atoms with Gasteiger partial charge in [-0.3, -0.25) is 4.79 Å². The molecular weight excluding hydrogens is 382 g/mol. The molecule has 0 aliphatic carbocycles. The second kappa shape index (κ2) is 8.41. The number of rotatable bonds is 6. The molecule has 0 atom stereocenters. The molecule has 29 heavy (non-hydrogen) atoms. The average Bonchev–Trinajstić information content (AvgIpc) is 3.15. The third-order valence-corrected chi connectivity index (χ3v) is 5.50. The third kappa shape index (κ3) is 4.60. The number of aromatic nitrogens is 2. The number of carbonyl (C=O) groups excluding carboxylic acids is 1. The van der Waals surface area contributed by atoms with Crippen molar-refractivity contribution in [2.45, 2.75) is 17.8 Å². The SMILES string of the molecule is COc1ccc(NC(=O)c2ccc(CSc3nc4ccc(C)cc4[nH]3)cc2)cc1. The smallest absolute Gasteiger partial charge is 0.255 e. The van der Waals surface area contributed by atoms with Crippen molar-refractivity contribution in [3.63, 3.8) is 0 Å². The molecule has 5 nitrogen and oxygen atoms in total. The zero-order valence-corrected chi connectivity index (χ0v) is 17.0. The van der Waals surface area contributed by atoms with Gasteiger partial charge in [0.25, 0.3) is 5.91 Å².